The summed E-state index contributed by atoms with van der Waals surface area (Å²) >= 11 is 0. The monoisotopic (exact) mass is 301 g/mol. The fraction of sp³-hybridized carbons (Fsp3) is 0.389. The SMILES string of the molecule is C=C(C)C(O)(C(=O)OCC1=CN(C)CCC1)c1ccccc1. The lowest BCUT2D eigenvalue weighted by Crippen LogP contribution is -2.38. The molecule has 0 bridgehead atoms. The van der Waals surface area contributed by atoms with E-state index in [1.165, 1.54) is 0 Å². The Balaban J connectivity index is 2.13. The lowest BCUT2D eigenvalue weighted by atomic mass is 9.88. The molecule has 0 saturated heterocycles. The molecule has 1 aliphatic rings. The van der Waals surface area contributed by atoms with Crippen molar-refractivity contribution in [1.29, 1.82) is 0 Å². The number of hydrogen-bond acceptors (Lipinski definition) is 4. The zero-order chi connectivity index (χ0) is 16.2. The number of nitrogens with zero attached hydrogens (tertiary/aromatic N) is 1. The van der Waals surface area contributed by atoms with Crippen LogP contribution in [0.2, 0.25) is 0 Å². The standard InChI is InChI=1S/C18H23NO3/c1-14(2)18(21,16-9-5-4-6-10-16)17(20)22-13-15-8-7-11-19(3)12-15/h4-6,9-10,12,21H,1,7-8,11,13H2,2-3H3. The molecule has 1 aliphatic heterocycles. The van der Waals surface area contributed by atoms with E-state index in [1.807, 2.05) is 19.3 Å². The van der Waals surface area contributed by atoms with E-state index in [2.05, 4.69) is 11.5 Å². The van der Waals surface area contributed by atoms with Gasteiger partial charge < -0.3 is 14.7 Å². The predicted octanol–water partition coefficient (Wildman–Crippen LogP) is 2.60. The molecule has 1 N–H and O–H groups in total. The Hall–Kier alpha value is -2.07. The van der Waals surface area contributed by atoms with Gasteiger partial charge in [-0.2, -0.15) is 0 Å². The van der Waals surface area contributed by atoms with Gasteiger partial charge in [0, 0.05) is 19.8 Å². The van der Waals surface area contributed by atoms with E-state index in [4.69, 9.17) is 4.74 Å². The Bertz CT molecular complexity index is 579. The summed E-state index contributed by atoms with van der Waals surface area (Å²) in [7, 11) is 2.00. The lowest BCUT2D eigenvalue weighted by Gasteiger charge is -2.28. The van der Waals surface area contributed by atoms with Crippen LogP contribution in [0, 0.1) is 0 Å². The van der Waals surface area contributed by atoms with Gasteiger partial charge in [0.2, 0.25) is 5.60 Å². The fourth-order valence-corrected chi connectivity index (χ4v) is 2.59. The minimum absolute atomic E-state index is 0.200. The van der Waals surface area contributed by atoms with Gasteiger partial charge in [0.25, 0.3) is 0 Å². The van der Waals surface area contributed by atoms with Gasteiger partial charge >= 0.3 is 5.97 Å². The van der Waals surface area contributed by atoms with Crippen molar-refractivity contribution in [3.8, 4) is 0 Å². The van der Waals surface area contributed by atoms with Crippen LogP contribution >= 0.6 is 0 Å². The Labute approximate surface area is 131 Å². The average Bonchev–Trinajstić information content (AvgIpc) is 2.52. The van der Waals surface area contributed by atoms with Crippen molar-refractivity contribution in [2.24, 2.45) is 0 Å². The molecule has 1 unspecified atom stereocenters. The van der Waals surface area contributed by atoms with Gasteiger partial charge in [-0.05, 0) is 36.5 Å². The van der Waals surface area contributed by atoms with Crippen LogP contribution in [0.25, 0.3) is 0 Å². The summed E-state index contributed by atoms with van der Waals surface area (Å²) in [5.74, 6) is -0.680. The molecule has 0 aromatic heterocycles. The first-order valence-electron chi connectivity index (χ1n) is 7.45. The number of carbonyl (C=O) groups is 1. The van der Waals surface area contributed by atoms with Gasteiger partial charge in [0.15, 0.2) is 0 Å². The van der Waals surface area contributed by atoms with E-state index in [0.29, 0.717) is 11.1 Å². The third-order valence-corrected chi connectivity index (χ3v) is 3.90. The van der Waals surface area contributed by atoms with Gasteiger partial charge in [-0.15, -0.1) is 0 Å². The second-order valence-corrected chi connectivity index (χ2v) is 5.80. The third kappa shape index (κ3) is 3.39. The molecule has 1 heterocycles. The van der Waals surface area contributed by atoms with Crippen molar-refractivity contribution in [3.63, 3.8) is 0 Å². The highest BCUT2D eigenvalue weighted by Gasteiger charge is 2.40. The number of hydrogen-bond donors (Lipinski definition) is 1. The van der Waals surface area contributed by atoms with Gasteiger partial charge in [-0.1, -0.05) is 36.9 Å². The molecular weight excluding hydrogens is 278 g/mol. The molecule has 0 aliphatic carbocycles. The zero-order valence-electron chi connectivity index (χ0n) is 13.2. The summed E-state index contributed by atoms with van der Waals surface area (Å²) in [6.45, 7) is 6.60. The molecular formula is C18H23NO3. The van der Waals surface area contributed by atoms with Crippen molar-refractivity contribution in [3.05, 3.63) is 59.8 Å². The summed E-state index contributed by atoms with van der Waals surface area (Å²) in [4.78, 5) is 14.5. The molecule has 0 amide bonds. The van der Waals surface area contributed by atoms with E-state index in [0.717, 1.165) is 25.0 Å². The highest BCUT2D eigenvalue weighted by Crippen LogP contribution is 2.30. The van der Waals surface area contributed by atoms with E-state index >= 15 is 0 Å². The molecule has 1 atom stereocenters. The Morgan fingerprint density at radius 1 is 1.41 bits per heavy atom. The Morgan fingerprint density at radius 2 is 2.09 bits per heavy atom. The molecule has 0 radical (unpaired) electrons. The number of carbonyl (C=O) groups excluding carboxylic acids is 1. The van der Waals surface area contributed by atoms with E-state index in [1.54, 1.807) is 31.2 Å². The zero-order valence-corrected chi connectivity index (χ0v) is 13.2. The molecule has 2 rings (SSSR count). The first-order valence-corrected chi connectivity index (χ1v) is 7.45. The number of rotatable bonds is 5. The van der Waals surface area contributed by atoms with E-state index < -0.39 is 11.6 Å². The highest BCUT2D eigenvalue weighted by atomic mass is 16.5. The van der Waals surface area contributed by atoms with Crippen LogP contribution in [0.4, 0.5) is 0 Å². The largest absolute Gasteiger partial charge is 0.458 e. The Kier molecular flexibility index (Phi) is 5.03. The molecule has 118 valence electrons. The molecule has 1 aromatic rings. The predicted molar refractivity (Wildman–Crippen MR) is 86.1 cm³/mol. The number of ether oxygens (including phenoxy) is 1. The quantitative estimate of drug-likeness (QED) is 0.671. The summed E-state index contributed by atoms with van der Waals surface area (Å²) in [6.07, 6.45) is 3.96. The van der Waals surface area contributed by atoms with Gasteiger partial charge in [-0.25, -0.2) is 4.79 Å². The van der Waals surface area contributed by atoms with Crippen LogP contribution in [-0.4, -0.2) is 36.2 Å². The molecule has 22 heavy (non-hydrogen) atoms. The van der Waals surface area contributed by atoms with Crippen molar-refractivity contribution in [1.82, 2.24) is 4.90 Å². The van der Waals surface area contributed by atoms with Crippen LogP contribution in [0.1, 0.15) is 25.3 Å². The summed E-state index contributed by atoms with van der Waals surface area (Å²) in [6, 6.07) is 8.77. The topological polar surface area (TPSA) is 49.8 Å². The highest BCUT2D eigenvalue weighted by molar-refractivity contribution is 5.84. The normalized spacial score (nSPS) is 17.4. The second kappa shape index (κ2) is 6.79. The van der Waals surface area contributed by atoms with Gasteiger partial charge in [0.05, 0.1) is 0 Å². The average molecular weight is 301 g/mol. The molecule has 4 heteroatoms. The van der Waals surface area contributed by atoms with Crippen LogP contribution in [-0.2, 0) is 15.1 Å². The molecule has 0 fully saturated rings. The van der Waals surface area contributed by atoms with Crippen LogP contribution in [0.5, 0.6) is 0 Å². The van der Waals surface area contributed by atoms with Crippen molar-refractivity contribution in [2.75, 3.05) is 20.2 Å². The number of aliphatic hydroxyl groups is 1. The number of benzene rings is 1. The fourth-order valence-electron chi connectivity index (χ4n) is 2.59. The molecule has 1 aromatic carbocycles. The van der Waals surface area contributed by atoms with Gasteiger partial charge in [0.1, 0.15) is 6.61 Å². The van der Waals surface area contributed by atoms with Crippen LogP contribution in [0.15, 0.2) is 54.3 Å². The minimum Gasteiger partial charge on any atom is -0.458 e. The number of esters is 1. The maximum atomic E-state index is 12.5. The smallest absolute Gasteiger partial charge is 0.347 e. The van der Waals surface area contributed by atoms with Crippen molar-refractivity contribution >= 4 is 5.97 Å². The maximum Gasteiger partial charge on any atom is 0.347 e. The molecule has 0 spiro atoms. The minimum atomic E-state index is -1.80. The van der Waals surface area contributed by atoms with Crippen molar-refractivity contribution in [2.45, 2.75) is 25.4 Å². The summed E-state index contributed by atoms with van der Waals surface area (Å²) < 4.78 is 5.37. The maximum absolute atomic E-state index is 12.5. The Morgan fingerprint density at radius 3 is 2.68 bits per heavy atom. The summed E-state index contributed by atoms with van der Waals surface area (Å²) in [5.41, 5.74) is 0.0717. The van der Waals surface area contributed by atoms with E-state index in [9.17, 15) is 9.90 Å². The van der Waals surface area contributed by atoms with Crippen LogP contribution in [0.3, 0.4) is 0 Å². The first-order chi connectivity index (χ1) is 10.4. The third-order valence-electron chi connectivity index (χ3n) is 3.90. The second-order valence-electron chi connectivity index (χ2n) is 5.80. The molecule has 0 saturated carbocycles. The van der Waals surface area contributed by atoms with Crippen molar-refractivity contribution < 1.29 is 14.6 Å². The lowest BCUT2D eigenvalue weighted by molar-refractivity contribution is -0.161. The van der Waals surface area contributed by atoms with Gasteiger partial charge in [-0.3, -0.25) is 0 Å². The van der Waals surface area contributed by atoms with Crippen LogP contribution < -0.4 is 0 Å². The molecule has 4 nitrogen and oxygen atoms in total. The van der Waals surface area contributed by atoms with E-state index in [-0.39, 0.29) is 6.61 Å². The summed E-state index contributed by atoms with van der Waals surface area (Å²) in [5, 5.41) is 10.8. The first kappa shape index (κ1) is 16.3.